The second-order valence-corrected chi connectivity index (χ2v) is 11.3. The van der Waals surface area contributed by atoms with Gasteiger partial charge in [0.1, 0.15) is 23.1 Å². The molecular weight excluding hydrogens is 566 g/mol. The minimum atomic E-state index is -0.467. The Hall–Kier alpha value is -4.52. The van der Waals surface area contributed by atoms with E-state index in [9.17, 15) is 14.4 Å². The van der Waals surface area contributed by atoms with Crippen molar-refractivity contribution in [3.63, 3.8) is 0 Å². The summed E-state index contributed by atoms with van der Waals surface area (Å²) in [5.41, 5.74) is 1.24. The van der Waals surface area contributed by atoms with Gasteiger partial charge >= 0.3 is 0 Å². The van der Waals surface area contributed by atoms with Crippen molar-refractivity contribution in [2.24, 2.45) is 0 Å². The summed E-state index contributed by atoms with van der Waals surface area (Å²) in [6.45, 7) is 8.99. The lowest BCUT2D eigenvalue weighted by Gasteiger charge is -2.39. The monoisotopic (exact) mass is 605 g/mol. The number of carbonyl (C=O) groups is 3. The van der Waals surface area contributed by atoms with Gasteiger partial charge in [-0.25, -0.2) is 4.68 Å². The zero-order valence-electron chi connectivity index (χ0n) is 25.6. The number of likely N-dealkylation sites (tertiary alicyclic amines) is 1. The van der Waals surface area contributed by atoms with Gasteiger partial charge in [-0.2, -0.15) is 0 Å². The van der Waals surface area contributed by atoms with Gasteiger partial charge in [0.25, 0.3) is 5.91 Å². The zero-order chi connectivity index (χ0) is 31.2. The second kappa shape index (κ2) is 13.8. The molecule has 0 spiro atoms. The van der Waals surface area contributed by atoms with Crippen LogP contribution in [0.3, 0.4) is 0 Å². The van der Waals surface area contributed by atoms with Gasteiger partial charge in [-0.1, -0.05) is 12.1 Å². The Labute approximate surface area is 256 Å². The number of nitrogens with zero attached hydrogens (tertiary/aromatic N) is 6. The molecule has 13 nitrogen and oxygen atoms in total. The molecule has 2 aliphatic rings. The summed E-state index contributed by atoms with van der Waals surface area (Å²) >= 11 is 0. The van der Waals surface area contributed by atoms with Crippen LogP contribution in [0, 0.1) is 6.92 Å². The average molecular weight is 606 g/mol. The maximum Gasteiger partial charge on any atom is 0.254 e. The van der Waals surface area contributed by atoms with Crippen molar-refractivity contribution in [3.8, 4) is 17.2 Å². The van der Waals surface area contributed by atoms with E-state index in [0.717, 1.165) is 5.56 Å². The van der Waals surface area contributed by atoms with Gasteiger partial charge in [0, 0.05) is 37.7 Å². The van der Waals surface area contributed by atoms with Crippen LogP contribution >= 0.6 is 0 Å². The van der Waals surface area contributed by atoms with Gasteiger partial charge in [-0.05, 0) is 74.4 Å². The molecular formula is C31H39N7O6. The summed E-state index contributed by atoms with van der Waals surface area (Å²) in [5, 5.41) is 14.5. The number of ether oxygens (including phenoxy) is 3. The Morgan fingerprint density at radius 2 is 2.00 bits per heavy atom. The molecule has 2 atom stereocenters. The molecule has 0 radical (unpaired) electrons. The quantitative estimate of drug-likeness (QED) is 0.449. The van der Waals surface area contributed by atoms with Crippen molar-refractivity contribution in [1.82, 2.24) is 35.3 Å². The van der Waals surface area contributed by atoms with Crippen LogP contribution < -0.4 is 14.8 Å². The lowest BCUT2D eigenvalue weighted by molar-refractivity contribution is -0.137. The summed E-state index contributed by atoms with van der Waals surface area (Å²) in [6, 6.07) is 12.1. The first-order valence-corrected chi connectivity index (χ1v) is 15.0. The first kappa shape index (κ1) is 30.9. The second-order valence-electron chi connectivity index (χ2n) is 11.3. The number of likely N-dealkylation sites (N-methyl/N-ethyl adjacent to an activating group) is 1. The summed E-state index contributed by atoms with van der Waals surface area (Å²) < 4.78 is 20.0. The van der Waals surface area contributed by atoms with Crippen LogP contribution in [0.2, 0.25) is 0 Å². The number of hydrogen-bond acceptors (Lipinski definition) is 9. The molecule has 13 heteroatoms. The van der Waals surface area contributed by atoms with Gasteiger partial charge < -0.3 is 29.3 Å². The van der Waals surface area contributed by atoms with Crippen LogP contribution in [0.15, 0.2) is 42.5 Å². The van der Waals surface area contributed by atoms with Gasteiger partial charge in [-0.15, -0.1) is 5.10 Å². The Kier molecular flexibility index (Phi) is 9.73. The van der Waals surface area contributed by atoms with E-state index in [1.54, 1.807) is 34.7 Å². The van der Waals surface area contributed by atoms with E-state index in [4.69, 9.17) is 14.2 Å². The van der Waals surface area contributed by atoms with Crippen molar-refractivity contribution in [1.29, 1.82) is 0 Å². The summed E-state index contributed by atoms with van der Waals surface area (Å²) in [5.74, 6) is 1.44. The number of amides is 3. The normalized spacial score (nSPS) is 19.3. The molecule has 0 aliphatic carbocycles. The molecule has 44 heavy (non-hydrogen) atoms. The maximum absolute atomic E-state index is 13.7. The highest BCUT2D eigenvalue weighted by atomic mass is 16.5. The smallest absolute Gasteiger partial charge is 0.254 e. The average Bonchev–Trinajstić information content (AvgIpc) is 3.41. The molecule has 3 amide bonds. The topological polar surface area (TPSA) is 141 Å². The Bertz CT molecular complexity index is 1490. The summed E-state index contributed by atoms with van der Waals surface area (Å²) in [7, 11) is 0. The van der Waals surface area contributed by atoms with Crippen molar-refractivity contribution in [2.45, 2.75) is 71.9 Å². The number of benzene rings is 2. The van der Waals surface area contributed by atoms with E-state index >= 15 is 0 Å². The first-order chi connectivity index (χ1) is 21.2. The Balaban J connectivity index is 1.39. The molecule has 1 fully saturated rings. The highest BCUT2D eigenvalue weighted by molar-refractivity contribution is 5.97. The van der Waals surface area contributed by atoms with Crippen LogP contribution in [-0.4, -0.2) is 92.2 Å². The molecule has 1 N–H and O–H groups in total. The molecule has 2 aliphatic heterocycles. The van der Waals surface area contributed by atoms with Crippen molar-refractivity contribution in [3.05, 3.63) is 59.4 Å². The van der Waals surface area contributed by atoms with Gasteiger partial charge in [0.2, 0.25) is 11.8 Å². The number of nitrogens with one attached hydrogen (secondary N) is 1. The Morgan fingerprint density at radius 1 is 1.16 bits per heavy atom. The van der Waals surface area contributed by atoms with Gasteiger partial charge in [0.15, 0.2) is 0 Å². The van der Waals surface area contributed by atoms with Crippen molar-refractivity contribution >= 4 is 17.7 Å². The van der Waals surface area contributed by atoms with E-state index in [1.165, 1.54) is 4.90 Å². The molecule has 0 unspecified atom stereocenters. The third-order valence-corrected chi connectivity index (χ3v) is 7.60. The van der Waals surface area contributed by atoms with E-state index < -0.39 is 6.04 Å². The van der Waals surface area contributed by atoms with Gasteiger partial charge in [0.05, 0.1) is 37.9 Å². The van der Waals surface area contributed by atoms with Crippen LogP contribution in [-0.2, 0) is 27.5 Å². The third-order valence-electron chi connectivity index (χ3n) is 7.60. The van der Waals surface area contributed by atoms with E-state index in [1.807, 2.05) is 45.0 Å². The fourth-order valence-corrected chi connectivity index (χ4v) is 5.38. The highest BCUT2D eigenvalue weighted by Gasteiger charge is 2.34. The Morgan fingerprint density at radius 3 is 2.75 bits per heavy atom. The molecule has 5 rings (SSSR count). The van der Waals surface area contributed by atoms with Crippen LogP contribution in [0.1, 0.15) is 55.4 Å². The minimum Gasteiger partial charge on any atom is -0.491 e. The first-order valence-electron chi connectivity index (χ1n) is 15.0. The van der Waals surface area contributed by atoms with Crippen LogP contribution in [0.5, 0.6) is 17.2 Å². The molecule has 0 saturated carbocycles. The van der Waals surface area contributed by atoms with E-state index in [2.05, 4.69) is 20.8 Å². The number of aromatic nitrogens is 4. The SMILES string of the molecule is CCN1CC(=O)N[C@H]2CN(C(=O)CCn3nnnc3C)CC[C@@H]2OCc2cccc(c2)Oc2cc(OC(C)C)cc(c2)C1=O. The maximum atomic E-state index is 13.7. The number of tetrazole rings is 1. The molecule has 3 aromatic rings. The highest BCUT2D eigenvalue weighted by Crippen LogP contribution is 2.30. The molecule has 1 aromatic heterocycles. The van der Waals surface area contributed by atoms with E-state index in [0.29, 0.717) is 61.3 Å². The standard InChI is InChI=1S/C31H39N7O6/c1-5-36-18-29(39)32-27-17-37(30(40)10-12-38-21(4)33-34-35-38)11-9-28(27)42-19-22-7-6-8-24(13-22)44-26-15-23(31(36)41)14-25(16-26)43-20(2)3/h6-8,13-16,20,27-28H,5,9-12,17-19H2,1-4H3,(H,32,39)/t27-,28-/m0/s1. The lowest BCUT2D eigenvalue weighted by atomic mass is 10.0. The number of piperidine rings is 1. The third kappa shape index (κ3) is 7.70. The molecule has 3 heterocycles. The van der Waals surface area contributed by atoms with Gasteiger partial charge in [-0.3, -0.25) is 14.4 Å². The molecule has 2 aromatic carbocycles. The van der Waals surface area contributed by atoms with Crippen LogP contribution in [0.25, 0.3) is 0 Å². The number of hydrogen-bond donors (Lipinski definition) is 1. The molecule has 234 valence electrons. The summed E-state index contributed by atoms with van der Waals surface area (Å²) in [4.78, 5) is 43.4. The molecule has 1 saturated heterocycles. The van der Waals surface area contributed by atoms with E-state index in [-0.39, 0.29) is 49.4 Å². The fraction of sp³-hybridized carbons (Fsp3) is 0.484. The lowest BCUT2D eigenvalue weighted by Crippen LogP contribution is -2.58. The zero-order valence-corrected chi connectivity index (χ0v) is 25.6. The predicted molar refractivity (Wildman–Crippen MR) is 159 cm³/mol. The summed E-state index contributed by atoms with van der Waals surface area (Å²) in [6.07, 6.45) is 0.315. The number of rotatable bonds is 6. The number of carbonyl (C=O) groups excluding carboxylic acids is 3. The predicted octanol–water partition coefficient (Wildman–Crippen LogP) is 2.73. The minimum absolute atomic E-state index is 0.0609. The van der Waals surface area contributed by atoms with Crippen molar-refractivity contribution < 1.29 is 28.6 Å². The molecule has 4 bridgehead atoms. The number of fused-ring (bicyclic) bond motifs is 5. The fourth-order valence-electron chi connectivity index (χ4n) is 5.38. The van der Waals surface area contributed by atoms with Crippen molar-refractivity contribution in [2.75, 3.05) is 26.2 Å². The van der Waals surface area contributed by atoms with Crippen LogP contribution in [0.4, 0.5) is 0 Å². The largest absolute Gasteiger partial charge is 0.491 e. The number of aryl methyl sites for hydroxylation is 2.